The molecule has 1 aromatic heterocycles. The average Bonchev–Trinajstić information content (AvgIpc) is 2.67. The Morgan fingerprint density at radius 2 is 1.73 bits per heavy atom. The Hall–Kier alpha value is -2.97. The Kier molecular flexibility index (Phi) is 6.38. The molecule has 1 aromatic carbocycles. The van der Waals surface area contributed by atoms with Crippen LogP contribution in [-0.4, -0.2) is 40.9 Å². The van der Waals surface area contributed by atoms with E-state index in [4.69, 9.17) is 9.47 Å². The number of ether oxygens (including phenoxy) is 2. The van der Waals surface area contributed by atoms with Crippen molar-refractivity contribution in [2.75, 3.05) is 13.1 Å². The molecule has 6 nitrogen and oxygen atoms in total. The summed E-state index contributed by atoms with van der Waals surface area (Å²) in [5, 5.41) is 0. The monoisotopic (exact) mass is 424 g/mol. The number of alkyl halides is 3. The Bertz CT molecular complexity index is 931. The molecule has 3 rings (SSSR count). The highest BCUT2D eigenvalue weighted by Gasteiger charge is 2.30. The van der Waals surface area contributed by atoms with Crippen LogP contribution in [0.15, 0.2) is 47.4 Å². The predicted molar refractivity (Wildman–Crippen MR) is 104 cm³/mol. The Labute approximate surface area is 171 Å². The quantitative estimate of drug-likeness (QED) is 0.737. The van der Waals surface area contributed by atoms with Gasteiger partial charge >= 0.3 is 12.3 Å². The summed E-state index contributed by atoms with van der Waals surface area (Å²) in [4.78, 5) is 25.9. The zero-order valence-corrected chi connectivity index (χ0v) is 16.7. The minimum Gasteiger partial charge on any atom is -0.490 e. The van der Waals surface area contributed by atoms with E-state index in [0.717, 1.165) is 12.1 Å². The van der Waals surface area contributed by atoms with Crippen LogP contribution < -0.4 is 10.3 Å². The molecule has 1 amide bonds. The molecule has 1 aliphatic rings. The molecule has 0 saturated carbocycles. The van der Waals surface area contributed by atoms with Crippen LogP contribution in [0.1, 0.15) is 32.3 Å². The minimum absolute atomic E-state index is 0.144. The lowest BCUT2D eigenvalue weighted by atomic mass is 10.1. The fourth-order valence-electron chi connectivity index (χ4n) is 3.18. The number of amides is 1. The number of hydrogen-bond acceptors (Lipinski definition) is 4. The number of halogens is 3. The van der Waals surface area contributed by atoms with Crippen molar-refractivity contribution >= 4 is 6.09 Å². The second kappa shape index (κ2) is 8.81. The Balaban J connectivity index is 1.61. The van der Waals surface area contributed by atoms with E-state index < -0.39 is 17.3 Å². The third-order valence-corrected chi connectivity index (χ3v) is 4.70. The zero-order valence-electron chi connectivity index (χ0n) is 16.7. The Morgan fingerprint density at radius 1 is 1.10 bits per heavy atom. The summed E-state index contributed by atoms with van der Waals surface area (Å²) < 4.78 is 50.3. The fourth-order valence-corrected chi connectivity index (χ4v) is 3.18. The van der Waals surface area contributed by atoms with Gasteiger partial charge in [0.05, 0.1) is 11.7 Å². The summed E-state index contributed by atoms with van der Waals surface area (Å²) in [6.45, 7) is 4.58. The predicted octanol–water partition coefficient (Wildman–Crippen LogP) is 4.24. The first-order valence-electron chi connectivity index (χ1n) is 9.66. The number of pyridine rings is 1. The third-order valence-electron chi connectivity index (χ3n) is 4.70. The first kappa shape index (κ1) is 21.7. The van der Waals surface area contributed by atoms with Crippen LogP contribution in [-0.2, 0) is 10.9 Å². The normalized spacial score (nSPS) is 15.3. The highest BCUT2D eigenvalue weighted by Crippen LogP contribution is 2.29. The number of nitrogens with zero attached hydrogens (tertiary/aromatic N) is 2. The van der Waals surface area contributed by atoms with Gasteiger partial charge in [-0.15, -0.1) is 0 Å². The summed E-state index contributed by atoms with van der Waals surface area (Å²) in [6.07, 6.45) is -2.41. The van der Waals surface area contributed by atoms with Crippen molar-refractivity contribution in [1.82, 2.24) is 9.47 Å². The zero-order chi connectivity index (χ0) is 21.9. The molecule has 0 spiro atoms. The van der Waals surface area contributed by atoms with E-state index >= 15 is 0 Å². The van der Waals surface area contributed by atoms with Gasteiger partial charge in [-0.25, -0.2) is 4.79 Å². The first-order chi connectivity index (χ1) is 14.1. The molecule has 1 saturated heterocycles. The number of piperidine rings is 1. The van der Waals surface area contributed by atoms with Gasteiger partial charge in [0.15, 0.2) is 0 Å². The second-order valence-corrected chi connectivity index (χ2v) is 7.35. The number of carbonyl (C=O) groups excluding carboxylic acids is 1. The lowest BCUT2D eigenvalue weighted by molar-refractivity contribution is -0.137. The molecular weight excluding hydrogens is 401 g/mol. The highest BCUT2D eigenvalue weighted by atomic mass is 19.4. The second-order valence-electron chi connectivity index (χ2n) is 7.35. The lowest BCUT2D eigenvalue weighted by Gasteiger charge is -2.32. The molecule has 0 unspecified atom stereocenters. The van der Waals surface area contributed by atoms with Crippen molar-refractivity contribution in [2.45, 2.75) is 45.1 Å². The molecule has 0 atom stereocenters. The van der Waals surface area contributed by atoms with Gasteiger partial charge in [-0.3, -0.25) is 9.36 Å². The van der Waals surface area contributed by atoms with Crippen molar-refractivity contribution in [2.24, 2.45) is 0 Å². The summed E-state index contributed by atoms with van der Waals surface area (Å²) in [7, 11) is 0. The van der Waals surface area contributed by atoms with Crippen LogP contribution >= 0.6 is 0 Å². The van der Waals surface area contributed by atoms with Crippen LogP contribution in [0.4, 0.5) is 18.0 Å². The molecule has 2 heterocycles. The fraction of sp³-hybridized carbons (Fsp3) is 0.429. The average molecular weight is 424 g/mol. The van der Waals surface area contributed by atoms with Gasteiger partial charge < -0.3 is 14.4 Å². The van der Waals surface area contributed by atoms with Crippen molar-refractivity contribution < 1.29 is 27.4 Å². The number of aromatic nitrogens is 1. The van der Waals surface area contributed by atoms with Crippen LogP contribution in [0.25, 0.3) is 5.69 Å². The maximum Gasteiger partial charge on any atom is 0.416 e. The number of rotatable bonds is 4. The van der Waals surface area contributed by atoms with Gasteiger partial charge in [0.2, 0.25) is 0 Å². The highest BCUT2D eigenvalue weighted by molar-refractivity contribution is 5.67. The summed E-state index contributed by atoms with van der Waals surface area (Å²) in [5.74, 6) is 0.381. The van der Waals surface area contributed by atoms with E-state index in [0.29, 0.717) is 37.4 Å². The topological polar surface area (TPSA) is 60.8 Å². The van der Waals surface area contributed by atoms with Gasteiger partial charge in [0.25, 0.3) is 5.56 Å². The first-order valence-corrected chi connectivity index (χ1v) is 9.66. The molecule has 1 aliphatic heterocycles. The van der Waals surface area contributed by atoms with Gasteiger partial charge in [-0.2, -0.15) is 13.2 Å². The molecular formula is C21H23F3N2O4. The van der Waals surface area contributed by atoms with E-state index in [1.54, 1.807) is 24.8 Å². The molecule has 9 heteroatoms. The van der Waals surface area contributed by atoms with Crippen LogP contribution in [0, 0.1) is 0 Å². The van der Waals surface area contributed by atoms with E-state index in [1.807, 2.05) is 0 Å². The molecule has 162 valence electrons. The lowest BCUT2D eigenvalue weighted by Crippen LogP contribution is -2.42. The van der Waals surface area contributed by atoms with Gasteiger partial charge in [-0.1, -0.05) is 0 Å². The molecule has 2 aromatic rings. The summed E-state index contributed by atoms with van der Waals surface area (Å²) in [5.41, 5.74) is -0.857. The van der Waals surface area contributed by atoms with E-state index in [1.165, 1.54) is 29.0 Å². The number of carbonyl (C=O) groups is 1. The number of hydrogen-bond donors (Lipinski definition) is 0. The maximum absolute atomic E-state index is 12.7. The van der Waals surface area contributed by atoms with E-state index in [9.17, 15) is 22.8 Å². The minimum atomic E-state index is -4.43. The van der Waals surface area contributed by atoms with E-state index in [2.05, 4.69) is 0 Å². The van der Waals surface area contributed by atoms with Crippen molar-refractivity contribution in [3.05, 3.63) is 58.5 Å². The van der Waals surface area contributed by atoms with E-state index in [-0.39, 0.29) is 18.3 Å². The van der Waals surface area contributed by atoms with Crippen LogP contribution in [0.5, 0.6) is 5.75 Å². The SMILES string of the molecule is CC(C)OC(=O)N1CCC(Oc2ccn(-c3ccc(C(F)(F)F)cc3)c(=O)c2)CC1. The molecule has 0 aliphatic carbocycles. The van der Waals surface area contributed by atoms with Gasteiger partial charge in [0, 0.05) is 43.9 Å². The molecule has 0 radical (unpaired) electrons. The molecule has 30 heavy (non-hydrogen) atoms. The van der Waals surface area contributed by atoms with Crippen LogP contribution in [0.2, 0.25) is 0 Å². The van der Waals surface area contributed by atoms with Gasteiger partial charge in [-0.05, 0) is 44.2 Å². The summed E-state index contributed by atoms with van der Waals surface area (Å²) in [6, 6.07) is 7.26. The third kappa shape index (κ3) is 5.34. The van der Waals surface area contributed by atoms with Gasteiger partial charge in [0.1, 0.15) is 11.9 Å². The van der Waals surface area contributed by atoms with Crippen molar-refractivity contribution in [3.8, 4) is 11.4 Å². The maximum atomic E-state index is 12.7. The van der Waals surface area contributed by atoms with Crippen molar-refractivity contribution in [3.63, 3.8) is 0 Å². The van der Waals surface area contributed by atoms with Crippen LogP contribution in [0.3, 0.4) is 0 Å². The molecule has 1 fully saturated rings. The smallest absolute Gasteiger partial charge is 0.416 e. The standard InChI is InChI=1S/C21H23F3N2O4/c1-14(2)29-20(28)25-10-7-17(8-11-25)30-18-9-12-26(19(27)13-18)16-5-3-15(4-6-16)21(22,23)24/h3-6,9,12-14,17H,7-8,10-11H2,1-2H3. The molecule has 0 N–H and O–H groups in total. The number of likely N-dealkylation sites (tertiary alicyclic amines) is 1. The largest absolute Gasteiger partial charge is 0.490 e. The molecule has 0 bridgehead atoms. The van der Waals surface area contributed by atoms with Crippen molar-refractivity contribution in [1.29, 1.82) is 0 Å². The summed E-state index contributed by atoms with van der Waals surface area (Å²) >= 11 is 0. The Morgan fingerprint density at radius 3 is 2.27 bits per heavy atom. The number of benzene rings is 1.